The standard InChI is InChI=1S/C30H41FN2O6/c1-29(2,3)38-27(34)32-16-18-36-24-11-13-25(14-12-24)37-20-22-19-33(28(35)39-30(4,5)6)17-15-26(22)21-7-9-23(31)10-8-21/h7-14,22,26H,15-20H2,1-6H3,(H,32,34)/t22-,26-/m0/s1. The average molecular weight is 545 g/mol. The van der Waals surface area contributed by atoms with E-state index in [0.717, 1.165) is 12.0 Å². The van der Waals surface area contributed by atoms with Gasteiger partial charge in [0.05, 0.1) is 13.2 Å². The van der Waals surface area contributed by atoms with Crippen LogP contribution in [0.15, 0.2) is 48.5 Å². The summed E-state index contributed by atoms with van der Waals surface area (Å²) >= 11 is 0. The molecule has 214 valence electrons. The third-order valence-electron chi connectivity index (χ3n) is 6.01. The Balaban J connectivity index is 1.56. The molecule has 3 rings (SSSR count). The summed E-state index contributed by atoms with van der Waals surface area (Å²) in [5.74, 6) is 1.14. The first-order valence-corrected chi connectivity index (χ1v) is 13.3. The molecule has 8 nitrogen and oxygen atoms in total. The van der Waals surface area contributed by atoms with Crippen LogP contribution in [0.1, 0.15) is 59.4 Å². The van der Waals surface area contributed by atoms with E-state index in [1.54, 1.807) is 49.9 Å². The maximum atomic E-state index is 13.5. The van der Waals surface area contributed by atoms with Crippen LogP contribution in [-0.4, -0.2) is 61.1 Å². The Morgan fingerprint density at radius 1 is 0.897 bits per heavy atom. The number of carbonyl (C=O) groups is 2. The van der Waals surface area contributed by atoms with Gasteiger partial charge in [0.1, 0.15) is 35.1 Å². The van der Waals surface area contributed by atoms with Crippen molar-refractivity contribution in [3.05, 3.63) is 59.9 Å². The smallest absolute Gasteiger partial charge is 0.410 e. The molecule has 1 saturated heterocycles. The quantitative estimate of drug-likeness (QED) is 0.401. The van der Waals surface area contributed by atoms with Gasteiger partial charge in [-0.2, -0.15) is 0 Å². The van der Waals surface area contributed by atoms with Crippen molar-refractivity contribution < 1.29 is 32.9 Å². The number of rotatable bonds is 8. The lowest BCUT2D eigenvalue weighted by Crippen LogP contribution is -2.46. The highest BCUT2D eigenvalue weighted by Crippen LogP contribution is 2.34. The topological polar surface area (TPSA) is 86.3 Å². The van der Waals surface area contributed by atoms with Crippen LogP contribution in [0.4, 0.5) is 14.0 Å². The van der Waals surface area contributed by atoms with E-state index in [1.807, 2.05) is 32.9 Å². The second-order valence-corrected chi connectivity index (χ2v) is 11.7. The van der Waals surface area contributed by atoms with Gasteiger partial charge in [0.2, 0.25) is 0 Å². The van der Waals surface area contributed by atoms with Crippen LogP contribution in [0.2, 0.25) is 0 Å². The summed E-state index contributed by atoms with van der Waals surface area (Å²) in [5.41, 5.74) is -0.102. The molecule has 1 heterocycles. The highest BCUT2D eigenvalue weighted by molar-refractivity contribution is 5.68. The van der Waals surface area contributed by atoms with Crippen molar-refractivity contribution in [2.24, 2.45) is 5.92 Å². The molecular formula is C30H41FN2O6. The molecular weight excluding hydrogens is 503 g/mol. The fourth-order valence-corrected chi connectivity index (χ4v) is 4.31. The van der Waals surface area contributed by atoms with Gasteiger partial charge in [0, 0.05) is 19.0 Å². The minimum Gasteiger partial charge on any atom is -0.493 e. The van der Waals surface area contributed by atoms with Crippen LogP contribution in [-0.2, 0) is 9.47 Å². The van der Waals surface area contributed by atoms with Crippen LogP contribution in [0.5, 0.6) is 11.5 Å². The van der Waals surface area contributed by atoms with E-state index in [4.69, 9.17) is 18.9 Å². The van der Waals surface area contributed by atoms with Gasteiger partial charge in [-0.25, -0.2) is 14.0 Å². The molecule has 0 radical (unpaired) electrons. The second-order valence-electron chi connectivity index (χ2n) is 11.7. The summed E-state index contributed by atoms with van der Waals surface area (Å²) in [6.07, 6.45) is -0.0994. The fourth-order valence-electron chi connectivity index (χ4n) is 4.31. The molecule has 0 unspecified atom stereocenters. The Morgan fingerprint density at radius 3 is 2.08 bits per heavy atom. The number of alkyl carbamates (subject to hydrolysis) is 1. The summed E-state index contributed by atoms with van der Waals surface area (Å²) in [7, 11) is 0. The van der Waals surface area contributed by atoms with Crippen LogP contribution in [0.3, 0.4) is 0 Å². The number of likely N-dealkylation sites (tertiary alicyclic amines) is 1. The molecule has 0 saturated carbocycles. The van der Waals surface area contributed by atoms with Gasteiger partial charge in [-0.1, -0.05) is 12.1 Å². The highest BCUT2D eigenvalue weighted by atomic mass is 19.1. The van der Waals surface area contributed by atoms with Gasteiger partial charge in [0.25, 0.3) is 0 Å². The number of nitrogens with one attached hydrogen (secondary N) is 1. The molecule has 0 spiro atoms. The highest BCUT2D eigenvalue weighted by Gasteiger charge is 2.35. The normalized spacial score (nSPS) is 17.8. The van der Waals surface area contributed by atoms with Crippen molar-refractivity contribution in [2.75, 3.05) is 32.8 Å². The van der Waals surface area contributed by atoms with E-state index < -0.39 is 17.3 Å². The molecule has 0 bridgehead atoms. The average Bonchev–Trinajstić information content (AvgIpc) is 2.84. The largest absolute Gasteiger partial charge is 0.493 e. The van der Waals surface area contributed by atoms with E-state index in [0.29, 0.717) is 44.3 Å². The van der Waals surface area contributed by atoms with Crippen LogP contribution in [0.25, 0.3) is 0 Å². The van der Waals surface area contributed by atoms with E-state index in [1.165, 1.54) is 12.1 Å². The minimum atomic E-state index is -0.577. The number of piperidine rings is 1. The Labute approximate surface area is 230 Å². The lowest BCUT2D eigenvalue weighted by molar-refractivity contribution is 0.0111. The number of ether oxygens (including phenoxy) is 4. The number of hydrogen-bond acceptors (Lipinski definition) is 6. The zero-order chi connectivity index (χ0) is 28.6. The Kier molecular flexibility index (Phi) is 10.1. The predicted octanol–water partition coefficient (Wildman–Crippen LogP) is 6.15. The molecule has 1 N–H and O–H groups in total. The molecule has 2 aromatic rings. The number of halogens is 1. The Bertz CT molecular complexity index is 1080. The number of nitrogens with zero attached hydrogens (tertiary/aromatic N) is 1. The first kappa shape index (κ1) is 30.1. The number of hydrogen-bond donors (Lipinski definition) is 1. The molecule has 9 heteroatoms. The van der Waals surface area contributed by atoms with E-state index >= 15 is 0 Å². The molecule has 2 amide bonds. The second kappa shape index (κ2) is 13.0. The van der Waals surface area contributed by atoms with Gasteiger partial charge < -0.3 is 29.2 Å². The maximum absolute atomic E-state index is 13.5. The van der Waals surface area contributed by atoms with Crippen LogP contribution >= 0.6 is 0 Å². The molecule has 1 aliphatic rings. The van der Waals surface area contributed by atoms with Crippen molar-refractivity contribution >= 4 is 12.2 Å². The molecule has 0 aromatic heterocycles. The fraction of sp³-hybridized carbons (Fsp3) is 0.533. The zero-order valence-corrected chi connectivity index (χ0v) is 23.8. The molecule has 39 heavy (non-hydrogen) atoms. The van der Waals surface area contributed by atoms with E-state index in [2.05, 4.69) is 5.32 Å². The van der Waals surface area contributed by atoms with Crippen molar-refractivity contribution in [1.82, 2.24) is 10.2 Å². The van der Waals surface area contributed by atoms with E-state index in [9.17, 15) is 14.0 Å². The third-order valence-corrected chi connectivity index (χ3v) is 6.01. The summed E-state index contributed by atoms with van der Waals surface area (Å²) in [6, 6.07) is 13.8. The summed E-state index contributed by atoms with van der Waals surface area (Å²) in [4.78, 5) is 26.2. The van der Waals surface area contributed by atoms with Crippen molar-refractivity contribution in [3.8, 4) is 11.5 Å². The summed E-state index contributed by atoms with van der Waals surface area (Å²) in [5, 5.41) is 2.65. The number of carbonyl (C=O) groups excluding carboxylic acids is 2. The van der Waals surface area contributed by atoms with Crippen LogP contribution in [0, 0.1) is 11.7 Å². The SMILES string of the molecule is CC(C)(C)OC(=O)NCCOc1ccc(OC[C@@H]2CN(C(=O)OC(C)(C)C)CC[C@H]2c2ccc(F)cc2)cc1. The molecule has 0 aliphatic carbocycles. The predicted molar refractivity (Wildman–Crippen MR) is 147 cm³/mol. The first-order chi connectivity index (χ1) is 18.3. The number of benzene rings is 2. The molecule has 1 aliphatic heterocycles. The molecule has 2 aromatic carbocycles. The monoisotopic (exact) mass is 544 g/mol. The summed E-state index contributed by atoms with van der Waals surface area (Å²) < 4.78 is 36.1. The van der Waals surface area contributed by atoms with E-state index in [-0.39, 0.29) is 23.7 Å². The van der Waals surface area contributed by atoms with Crippen molar-refractivity contribution in [1.29, 1.82) is 0 Å². The van der Waals surface area contributed by atoms with Gasteiger partial charge in [0.15, 0.2) is 0 Å². The first-order valence-electron chi connectivity index (χ1n) is 13.3. The Morgan fingerprint density at radius 2 is 1.49 bits per heavy atom. The minimum absolute atomic E-state index is 0.00779. The van der Waals surface area contributed by atoms with Gasteiger partial charge in [-0.15, -0.1) is 0 Å². The molecule has 2 atom stereocenters. The zero-order valence-electron chi connectivity index (χ0n) is 23.8. The maximum Gasteiger partial charge on any atom is 0.410 e. The van der Waals surface area contributed by atoms with Gasteiger partial charge in [-0.05, 0) is 95.8 Å². The summed E-state index contributed by atoms with van der Waals surface area (Å²) in [6.45, 7) is 13.0. The van der Waals surface area contributed by atoms with Crippen molar-refractivity contribution in [2.45, 2.75) is 65.1 Å². The third kappa shape index (κ3) is 10.3. The molecule has 1 fully saturated rings. The van der Waals surface area contributed by atoms with Crippen LogP contribution < -0.4 is 14.8 Å². The van der Waals surface area contributed by atoms with Crippen molar-refractivity contribution in [3.63, 3.8) is 0 Å². The number of amides is 2. The van der Waals surface area contributed by atoms with Gasteiger partial charge >= 0.3 is 12.2 Å². The lowest BCUT2D eigenvalue weighted by Gasteiger charge is -2.39. The lowest BCUT2D eigenvalue weighted by atomic mass is 9.81. The Hall–Kier alpha value is -3.49. The van der Waals surface area contributed by atoms with Gasteiger partial charge in [-0.3, -0.25) is 0 Å².